The Morgan fingerprint density at radius 1 is 1.06 bits per heavy atom. The zero-order valence-corrected chi connectivity index (χ0v) is 19.3. The fourth-order valence-electron chi connectivity index (χ4n) is 4.87. The van der Waals surface area contributed by atoms with Crippen LogP contribution >= 0.6 is 11.6 Å². The number of guanidine groups is 1. The third-order valence-electron chi connectivity index (χ3n) is 6.57. The second kappa shape index (κ2) is 8.69. The maximum Gasteiger partial charge on any atom is 0.232 e. The lowest BCUT2D eigenvalue weighted by atomic mass is 9.86. The van der Waals surface area contributed by atoms with E-state index < -0.39 is 5.54 Å². The van der Waals surface area contributed by atoms with Gasteiger partial charge in [0.1, 0.15) is 0 Å². The molecule has 0 saturated carbocycles. The maximum absolute atomic E-state index is 13.2. The summed E-state index contributed by atoms with van der Waals surface area (Å²) in [5.74, 6) is 0.226. The minimum Gasteiger partial charge on any atom is -0.381 e. The number of aliphatic imine (C=N–C) groups is 1. The van der Waals surface area contributed by atoms with Gasteiger partial charge in [-0.2, -0.15) is 0 Å². The molecule has 7 heteroatoms. The predicted molar refractivity (Wildman–Crippen MR) is 133 cm³/mol. The normalized spacial score (nSPS) is 21.8. The number of anilines is 2. The van der Waals surface area contributed by atoms with Crippen molar-refractivity contribution in [3.8, 4) is 0 Å². The summed E-state index contributed by atoms with van der Waals surface area (Å²) >= 11 is 6.90. The number of carbonyl (C=O) groups is 1. The van der Waals surface area contributed by atoms with Gasteiger partial charge in [0, 0.05) is 35.9 Å². The Bertz CT molecular complexity index is 1230. The highest BCUT2D eigenvalue weighted by Gasteiger charge is 2.41. The van der Waals surface area contributed by atoms with Crippen molar-refractivity contribution in [1.82, 2.24) is 4.90 Å². The first-order valence-electron chi connectivity index (χ1n) is 11.3. The second-order valence-corrected chi connectivity index (χ2v) is 9.22. The number of carbonyl (C=O) groups excluding carboxylic acids is 1. The summed E-state index contributed by atoms with van der Waals surface area (Å²) in [5.41, 5.74) is 8.01. The first-order chi connectivity index (χ1) is 16.0. The molecule has 2 heterocycles. The largest absolute Gasteiger partial charge is 0.381 e. The average Bonchev–Trinajstić information content (AvgIpc) is 2.81. The smallest absolute Gasteiger partial charge is 0.232 e. The molecule has 0 bridgehead atoms. The predicted octanol–water partition coefficient (Wildman–Crippen LogP) is 5.18. The molecule has 2 aliphatic rings. The molecule has 0 spiro atoms. The van der Waals surface area contributed by atoms with Crippen LogP contribution in [0.3, 0.4) is 0 Å². The number of fused-ring (bicyclic) bond motifs is 1. The van der Waals surface area contributed by atoms with Gasteiger partial charge >= 0.3 is 0 Å². The molecule has 6 nitrogen and oxygen atoms in total. The van der Waals surface area contributed by atoms with E-state index in [1.54, 1.807) is 4.90 Å². The first kappa shape index (κ1) is 21.7. The number of nitrogens with two attached hydrogens (primary N) is 1. The van der Waals surface area contributed by atoms with E-state index in [9.17, 15) is 4.79 Å². The molecule has 5 rings (SSSR count). The second-order valence-electron chi connectivity index (χ2n) is 8.85. The van der Waals surface area contributed by atoms with E-state index in [-0.39, 0.29) is 24.3 Å². The van der Waals surface area contributed by atoms with Gasteiger partial charge in [0.2, 0.25) is 5.91 Å². The first-order valence-corrected chi connectivity index (χ1v) is 11.6. The van der Waals surface area contributed by atoms with E-state index in [4.69, 9.17) is 27.1 Å². The van der Waals surface area contributed by atoms with Gasteiger partial charge in [-0.1, -0.05) is 60.1 Å². The number of hydrogen-bond donors (Lipinski definition) is 2. The molecule has 1 atom stereocenters. The maximum atomic E-state index is 13.2. The Morgan fingerprint density at radius 2 is 1.76 bits per heavy atom. The number of benzene rings is 3. The van der Waals surface area contributed by atoms with E-state index in [0.717, 1.165) is 40.6 Å². The Balaban J connectivity index is 1.48. The number of halogens is 1. The van der Waals surface area contributed by atoms with Crippen molar-refractivity contribution >= 4 is 45.6 Å². The molecule has 2 aliphatic heterocycles. The van der Waals surface area contributed by atoms with Crippen LogP contribution in [0, 0.1) is 0 Å². The summed E-state index contributed by atoms with van der Waals surface area (Å²) in [6, 6.07) is 20.1. The number of rotatable bonds is 4. The monoisotopic (exact) mass is 462 g/mol. The van der Waals surface area contributed by atoms with Gasteiger partial charge in [-0.25, -0.2) is 4.99 Å². The van der Waals surface area contributed by atoms with Crippen LogP contribution < -0.4 is 11.1 Å². The topological polar surface area (TPSA) is 80.0 Å². The van der Waals surface area contributed by atoms with Crippen molar-refractivity contribution in [3.63, 3.8) is 0 Å². The summed E-state index contributed by atoms with van der Waals surface area (Å²) in [6.07, 6.45) is 1.75. The van der Waals surface area contributed by atoms with Gasteiger partial charge in [-0.3, -0.25) is 9.69 Å². The summed E-state index contributed by atoms with van der Waals surface area (Å²) < 4.78 is 5.43. The van der Waals surface area contributed by atoms with Gasteiger partial charge in [-0.05, 0) is 37.3 Å². The van der Waals surface area contributed by atoms with Gasteiger partial charge in [0.25, 0.3) is 0 Å². The quantitative estimate of drug-likeness (QED) is 0.560. The van der Waals surface area contributed by atoms with Crippen molar-refractivity contribution in [1.29, 1.82) is 0 Å². The zero-order valence-electron chi connectivity index (χ0n) is 18.6. The van der Waals surface area contributed by atoms with Crippen LogP contribution in [0.15, 0.2) is 65.7 Å². The lowest BCUT2D eigenvalue weighted by molar-refractivity contribution is -0.132. The third-order valence-corrected chi connectivity index (χ3v) is 6.97. The van der Waals surface area contributed by atoms with Crippen molar-refractivity contribution < 1.29 is 9.53 Å². The van der Waals surface area contributed by atoms with E-state index >= 15 is 0 Å². The molecule has 170 valence electrons. The van der Waals surface area contributed by atoms with Crippen molar-refractivity contribution in [3.05, 3.63) is 71.2 Å². The Kier molecular flexibility index (Phi) is 5.72. The number of amides is 1. The summed E-state index contributed by atoms with van der Waals surface area (Å²) in [7, 11) is 0. The van der Waals surface area contributed by atoms with Gasteiger partial charge in [0.15, 0.2) is 5.96 Å². The average molecular weight is 463 g/mol. The van der Waals surface area contributed by atoms with Crippen LogP contribution in [0.2, 0.25) is 5.02 Å². The molecule has 0 unspecified atom stereocenters. The number of ether oxygens (including phenoxy) is 1. The van der Waals surface area contributed by atoms with Gasteiger partial charge in [-0.15, -0.1) is 0 Å². The summed E-state index contributed by atoms with van der Waals surface area (Å²) in [4.78, 5) is 19.6. The van der Waals surface area contributed by atoms with Crippen LogP contribution in [0.1, 0.15) is 31.7 Å². The standard InChI is InChI=1S/C26H27ClN4O2/c1-26(16-23(32)31(25(28)30-26)18-12-14-33-15-13-18)20-9-5-11-22(24(20)27)29-21-10-4-7-17-6-2-3-8-19(17)21/h2-11,18,29H,12-16H2,1H3,(H2,28,30)/t26-/m0/s1. The number of hydrogen-bond acceptors (Lipinski definition) is 5. The van der Waals surface area contributed by atoms with Crippen molar-refractivity contribution in [2.75, 3.05) is 18.5 Å². The van der Waals surface area contributed by atoms with E-state index in [1.165, 1.54) is 0 Å². The zero-order chi connectivity index (χ0) is 23.0. The molecule has 0 aromatic heterocycles. The Morgan fingerprint density at radius 3 is 2.55 bits per heavy atom. The van der Waals surface area contributed by atoms with Crippen molar-refractivity contribution in [2.24, 2.45) is 10.7 Å². The van der Waals surface area contributed by atoms with Crippen molar-refractivity contribution in [2.45, 2.75) is 37.8 Å². The van der Waals surface area contributed by atoms with E-state index in [0.29, 0.717) is 18.2 Å². The number of nitrogens with zero attached hydrogens (tertiary/aromatic N) is 2. The Labute approximate surface area is 198 Å². The van der Waals surface area contributed by atoms with Crippen LogP contribution in [-0.2, 0) is 15.1 Å². The summed E-state index contributed by atoms with van der Waals surface area (Å²) in [5, 5.41) is 6.26. The van der Waals surface area contributed by atoms with Crippen LogP contribution in [0.5, 0.6) is 0 Å². The molecular weight excluding hydrogens is 436 g/mol. The highest BCUT2D eigenvalue weighted by atomic mass is 35.5. The van der Waals surface area contributed by atoms with E-state index in [1.807, 2.05) is 49.4 Å². The molecule has 0 aliphatic carbocycles. The van der Waals surface area contributed by atoms with Crippen LogP contribution in [0.25, 0.3) is 10.8 Å². The number of nitrogens with one attached hydrogen (secondary N) is 1. The van der Waals surface area contributed by atoms with Crippen LogP contribution in [-0.4, -0.2) is 36.0 Å². The molecule has 1 amide bonds. The highest BCUT2D eigenvalue weighted by molar-refractivity contribution is 6.34. The van der Waals surface area contributed by atoms with Gasteiger partial charge < -0.3 is 15.8 Å². The minimum atomic E-state index is -0.837. The lowest BCUT2D eigenvalue weighted by Crippen LogP contribution is -2.55. The molecule has 3 aromatic rings. The fraction of sp³-hybridized carbons (Fsp3) is 0.308. The van der Waals surface area contributed by atoms with Gasteiger partial charge in [0.05, 0.1) is 22.7 Å². The van der Waals surface area contributed by atoms with E-state index in [2.05, 4.69) is 23.5 Å². The fourth-order valence-corrected chi connectivity index (χ4v) is 5.24. The minimum absolute atomic E-state index is 0.0274. The molecule has 3 aromatic carbocycles. The molecule has 33 heavy (non-hydrogen) atoms. The van der Waals surface area contributed by atoms with Crippen LogP contribution in [0.4, 0.5) is 11.4 Å². The molecule has 3 N–H and O–H groups in total. The third kappa shape index (κ3) is 4.05. The summed E-state index contributed by atoms with van der Waals surface area (Å²) in [6.45, 7) is 3.18. The molecule has 1 fully saturated rings. The molecule has 0 radical (unpaired) electrons. The SMILES string of the molecule is C[C@@]1(c2cccc(Nc3cccc4ccccc34)c2Cl)CC(=O)N(C2CCOCC2)C(N)=N1. The molecular formula is C26H27ClN4O2. The Hall–Kier alpha value is -3.09. The lowest BCUT2D eigenvalue weighted by Gasteiger charge is -2.40. The highest BCUT2D eigenvalue weighted by Crippen LogP contribution is 2.42. The molecule has 1 saturated heterocycles.